The van der Waals surface area contributed by atoms with Crippen molar-refractivity contribution in [3.8, 4) is 5.82 Å². The number of anilines is 1. The number of pyridine rings is 1. The van der Waals surface area contributed by atoms with Crippen molar-refractivity contribution in [2.24, 2.45) is 0 Å². The van der Waals surface area contributed by atoms with Gasteiger partial charge in [0.1, 0.15) is 16.5 Å². The molecule has 2 N–H and O–H groups in total. The maximum absolute atomic E-state index is 6.39. The Morgan fingerprint density at radius 2 is 2.05 bits per heavy atom. The van der Waals surface area contributed by atoms with E-state index in [1.807, 2.05) is 0 Å². The predicted octanol–water partition coefficient (Wildman–Crippen LogP) is 3.10. The van der Waals surface area contributed by atoms with Crippen LogP contribution in [-0.4, -0.2) is 24.5 Å². The van der Waals surface area contributed by atoms with Gasteiger partial charge in [-0.2, -0.15) is 0 Å². The van der Waals surface area contributed by atoms with Gasteiger partial charge in [-0.1, -0.05) is 35.0 Å². The molecule has 0 unspecified atom stereocenters. The van der Waals surface area contributed by atoms with Crippen LogP contribution in [0.15, 0.2) is 47.1 Å². The Balaban J connectivity index is 1.98. The molecule has 0 saturated carbocycles. The fourth-order valence-electron chi connectivity index (χ4n) is 1.61. The molecule has 21 heavy (non-hydrogen) atoms. The van der Waals surface area contributed by atoms with E-state index in [4.69, 9.17) is 28.9 Å². The summed E-state index contributed by atoms with van der Waals surface area (Å²) in [5.74, 6) is 0.837. The summed E-state index contributed by atoms with van der Waals surface area (Å²) in [6, 6.07) is 1.78. The smallest absolute Gasteiger partial charge is 0.158 e. The van der Waals surface area contributed by atoms with Crippen LogP contribution in [0.4, 0.5) is 5.82 Å². The minimum absolute atomic E-state index is 0.247. The summed E-state index contributed by atoms with van der Waals surface area (Å²) in [5, 5.41) is 1.26. The molecule has 0 saturated heterocycles. The summed E-state index contributed by atoms with van der Waals surface area (Å²) >= 11 is 13.4. The number of aromatic nitrogens is 5. The minimum Gasteiger partial charge on any atom is -0.381 e. The Hall–Kier alpha value is -1.83. The van der Waals surface area contributed by atoms with Crippen LogP contribution in [0.2, 0.25) is 10.2 Å². The van der Waals surface area contributed by atoms with Crippen LogP contribution in [0.5, 0.6) is 0 Å². The van der Waals surface area contributed by atoms with Crippen molar-refractivity contribution >= 4 is 40.8 Å². The first-order valence-corrected chi connectivity index (χ1v) is 7.31. The molecule has 0 amide bonds. The molecule has 3 heterocycles. The molecular formula is C12H8Cl2N6S. The molecule has 6 nitrogen and oxygen atoms in total. The van der Waals surface area contributed by atoms with Crippen molar-refractivity contribution in [2.45, 2.75) is 9.92 Å². The second kappa shape index (κ2) is 5.88. The highest BCUT2D eigenvalue weighted by Crippen LogP contribution is 2.36. The monoisotopic (exact) mass is 338 g/mol. The standard InChI is InChI=1S/C12H8Cl2N6S/c13-8-5-18-12(10(15)19-8)21-7-1-2-17-11(9(7)14)20-4-3-16-6-20/h1-6H,(H2,15,19). The van der Waals surface area contributed by atoms with Gasteiger partial charge in [0.2, 0.25) is 0 Å². The summed E-state index contributed by atoms with van der Waals surface area (Å²) < 4.78 is 1.73. The summed E-state index contributed by atoms with van der Waals surface area (Å²) in [4.78, 5) is 17.1. The molecule has 0 aromatic carbocycles. The van der Waals surface area contributed by atoms with E-state index in [2.05, 4.69) is 19.9 Å². The molecule has 0 spiro atoms. The quantitative estimate of drug-likeness (QED) is 0.790. The topological polar surface area (TPSA) is 82.5 Å². The van der Waals surface area contributed by atoms with Crippen LogP contribution in [-0.2, 0) is 0 Å². The van der Waals surface area contributed by atoms with Crippen molar-refractivity contribution < 1.29 is 0 Å². The van der Waals surface area contributed by atoms with Gasteiger partial charge in [0.05, 0.1) is 11.2 Å². The second-order valence-corrected chi connectivity index (χ2v) is 5.70. The first-order chi connectivity index (χ1) is 10.1. The zero-order chi connectivity index (χ0) is 14.8. The molecule has 0 aliphatic heterocycles. The average Bonchev–Trinajstić information content (AvgIpc) is 2.98. The van der Waals surface area contributed by atoms with E-state index in [0.717, 1.165) is 4.90 Å². The van der Waals surface area contributed by atoms with Crippen molar-refractivity contribution in [3.05, 3.63) is 47.4 Å². The van der Waals surface area contributed by atoms with Gasteiger partial charge in [-0.15, -0.1) is 0 Å². The summed E-state index contributed by atoms with van der Waals surface area (Å²) in [7, 11) is 0. The zero-order valence-electron chi connectivity index (χ0n) is 10.4. The van der Waals surface area contributed by atoms with Crippen LogP contribution in [0, 0.1) is 0 Å². The Morgan fingerprint density at radius 1 is 1.19 bits per heavy atom. The molecule has 0 fully saturated rings. The molecule has 0 atom stereocenters. The number of nitrogens with two attached hydrogens (primary N) is 1. The van der Waals surface area contributed by atoms with Crippen molar-refractivity contribution in [2.75, 3.05) is 5.73 Å². The third kappa shape index (κ3) is 2.94. The highest BCUT2D eigenvalue weighted by Gasteiger charge is 2.13. The first-order valence-electron chi connectivity index (χ1n) is 5.74. The van der Waals surface area contributed by atoms with Crippen LogP contribution in [0.3, 0.4) is 0 Å². The van der Waals surface area contributed by atoms with Crippen molar-refractivity contribution in [1.29, 1.82) is 0 Å². The van der Waals surface area contributed by atoms with E-state index in [9.17, 15) is 0 Å². The fourth-order valence-corrected chi connectivity index (χ4v) is 2.85. The Kier molecular flexibility index (Phi) is 3.96. The molecule has 3 aromatic heterocycles. The molecule has 0 aliphatic carbocycles. The lowest BCUT2D eigenvalue weighted by Crippen LogP contribution is -1.98. The number of nitrogen functional groups attached to an aromatic ring is 1. The Morgan fingerprint density at radius 3 is 2.76 bits per heavy atom. The van der Waals surface area contributed by atoms with Crippen molar-refractivity contribution in [1.82, 2.24) is 24.5 Å². The molecule has 9 heteroatoms. The van der Waals surface area contributed by atoms with Crippen LogP contribution in [0.25, 0.3) is 5.82 Å². The summed E-state index contributed by atoms with van der Waals surface area (Å²) in [6.07, 6.45) is 8.13. The lowest BCUT2D eigenvalue weighted by atomic mass is 10.4. The first kappa shape index (κ1) is 14.1. The number of rotatable bonds is 3. The van der Waals surface area contributed by atoms with E-state index < -0.39 is 0 Å². The van der Waals surface area contributed by atoms with E-state index >= 15 is 0 Å². The Bertz CT molecular complexity index is 777. The van der Waals surface area contributed by atoms with Gasteiger partial charge in [0.25, 0.3) is 0 Å². The molecule has 106 valence electrons. The molecular weight excluding hydrogens is 331 g/mol. The van der Waals surface area contributed by atoms with Gasteiger partial charge < -0.3 is 5.73 Å². The Labute approximate surface area is 134 Å². The van der Waals surface area contributed by atoms with Gasteiger partial charge in [-0.3, -0.25) is 4.57 Å². The van der Waals surface area contributed by atoms with Gasteiger partial charge in [0.15, 0.2) is 11.6 Å². The van der Waals surface area contributed by atoms with Crippen LogP contribution in [0.1, 0.15) is 0 Å². The third-order valence-electron chi connectivity index (χ3n) is 2.53. The van der Waals surface area contributed by atoms with Crippen LogP contribution < -0.4 is 5.73 Å². The normalized spacial score (nSPS) is 10.8. The van der Waals surface area contributed by atoms with E-state index in [1.165, 1.54) is 18.0 Å². The second-order valence-electron chi connectivity index (χ2n) is 3.90. The highest BCUT2D eigenvalue weighted by molar-refractivity contribution is 7.99. The molecule has 3 rings (SSSR count). The van der Waals surface area contributed by atoms with Crippen LogP contribution >= 0.6 is 35.0 Å². The lowest BCUT2D eigenvalue weighted by Gasteiger charge is -2.09. The minimum atomic E-state index is 0.247. The SMILES string of the molecule is Nc1nc(Cl)cnc1Sc1ccnc(-n2ccnc2)c1Cl. The number of halogens is 2. The predicted molar refractivity (Wildman–Crippen MR) is 81.9 cm³/mol. The largest absolute Gasteiger partial charge is 0.381 e. The highest BCUT2D eigenvalue weighted by atomic mass is 35.5. The van der Waals surface area contributed by atoms with Crippen molar-refractivity contribution in [3.63, 3.8) is 0 Å². The average molecular weight is 339 g/mol. The number of hydrogen-bond acceptors (Lipinski definition) is 6. The molecule has 0 radical (unpaired) electrons. The van der Waals surface area contributed by atoms with Gasteiger partial charge in [0, 0.05) is 23.5 Å². The van der Waals surface area contributed by atoms with E-state index in [0.29, 0.717) is 15.9 Å². The van der Waals surface area contributed by atoms with Gasteiger partial charge in [-0.05, 0) is 6.07 Å². The van der Waals surface area contributed by atoms with Gasteiger partial charge >= 0.3 is 0 Å². The summed E-state index contributed by atoms with van der Waals surface area (Å²) in [5.41, 5.74) is 5.80. The number of imidazole rings is 1. The maximum Gasteiger partial charge on any atom is 0.158 e. The number of nitrogens with zero attached hydrogens (tertiary/aromatic N) is 5. The molecule has 0 bridgehead atoms. The van der Waals surface area contributed by atoms with E-state index in [1.54, 1.807) is 35.6 Å². The zero-order valence-corrected chi connectivity index (χ0v) is 12.8. The molecule has 3 aromatic rings. The fraction of sp³-hybridized carbons (Fsp3) is 0. The maximum atomic E-state index is 6.39. The number of hydrogen-bond donors (Lipinski definition) is 1. The third-order valence-corrected chi connectivity index (χ3v) is 4.26. The summed E-state index contributed by atoms with van der Waals surface area (Å²) in [6.45, 7) is 0. The van der Waals surface area contributed by atoms with Gasteiger partial charge in [-0.25, -0.2) is 19.9 Å². The lowest BCUT2D eigenvalue weighted by molar-refractivity contribution is 0.981. The molecule has 0 aliphatic rings. The van der Waals surface area contributed by atoms with E-state index in [-0.39, 0.29) is 11.0 Å².